The Morgan fingerprint density at radius 3 is 2.32 bits per heavy atom. The van der Waals surface area contributed by atoms with E-state index in [1.54, 1.807) is 0 Å². The van der Waals surface area contributed by atoms with E-state index in [9.17, 15) is 14.4 Å². The van der Waals surface area contributed by atoms with Crippen molar-refractivity contribution in [3.8, 4) is 5.75 Å². The van der Waals surface area contributed by atoms with Crippen molar-refractivity contribution in [3.63, 3.8) is 0 Å². The fourth-order valence-electron chi connectivity index (χ4n) is 1.89. The Bertz CT molecular complexity index is 574. The second-order valence-corrected chi connectivity index (χ2v) is 4.72. The lowest BCUT2D eigenvalue weighted by molar-refractivity contribution is -0.136. The van der Waals surface area contributed by atoms with Crippen LogP contribution in [0.3, 0.4) is 0 Å². The Kier molecular flexibility index (Phi) is 6.48. The molecule has 1 aromatic rings. The van der Waals surface area contributed by atoms with Crippen LogP contribution in [-0.2, 0) is 4.79 Å². The fraction of sp³-hybridized carbons (Fsp3) is 0.357. The number of rotatable bonds is 8. The van der Waals surface area contributed by atoms with E-state index in [2.05, 4.69) is 0 Å². The minimum atomic E-state index is -0.922. The molecule has 1 atom stereocenters. The van der Waals surface area contributed by atoms with Crippen molar-refractivity contribution in [3.05, 3.63) is 29.3 Å². The molecule has 2 amide bonds. The number of amides is 2. The summed E-state index contributed by atoms with van der Waals surface area (Å²) in [7, 11) is 0. The molecule has 120 valence electrons. The van der Waals surface area contributed by atoms with Crippen molar-refractivity contribution < 1.29 is 19.1 Å². The number of carbonyl (C=O) groups excluding carboxylic acids is 3. The SMILES string of the molecule is NCCCC[C@H](N)C(=O)Oc1cccc(C(N)=O)c1C(N)=O. The first-order valence-corrected chi connectivity index (χ1v) is 6.78. The molecule has 0 fully saturated rings. The van der Waals surface area contributed by atoms with Crippen LogP contribution in [0.5, 0.6) is 5.75 Å². The molecule has 0 bridgehead atoms. The second-order valence-electron chi connectivity index (χ2n) is 4.72. The average molecular weight is 308 g/mol. The van der Waals surface area contributed by atoms with Gasteiger partial charge in [-0.15, -0.1) is 0 Å². The summed E-state index contributed by atoms with van der Waals surface area (Å²) in [4.78, 5) is 34.7. The van der Waals surface area contributed by atoms with Crippen LogP contribution < -0.4 is 27.7 Å². The van der Waals surface area contributed by atoms with E-state index in [-0.39, 0.29) is 16.9 Å². The summed E-state index contributed by atoms with van der Waals surface area (Å²) in [6.45, 7) is 0.508. The highest BCUT2D eigenvalue weighted by Gasteiger charge is 2.22. The van der Waals surface area contributed by atoms with Crippen LogP contribution in [0.25, 0.3) is 0 Å². The van der Waals surface area contributed by atoms with E-state index in [0.29, 0.717) is 19.4 Å². The molecule has 8 N–H and O–H groups in total. The molecule has 0 radical (unpaired) electrons. The maximum absolute atomic E-state index is 11.9. The molecule has 8 heteroatoms. The smallest absolute Gasteiger partial charge is 0.328 e. The minimum absolute atomic E-state index is 0.116. The van der Waals surface area contributed by atoms with E-state index in [0.717, 1.165) is 6.42 Å². The Balaban J connectivity index is 2.93. The molecule has 1 aromatic carbocycles. The van der Waals surface area contributed by atoms with Gasteiger partial charge in [-0.05, 0) is 31.5 Å². The Labute approximate surface area is 127 Å². The van der Waals surface area contributed by atoms with Gasteiger partial charge in [0, 0.05) is 0 Å². The number of unbranched alkanes of at least 4 members (excludes halogenated alkanes) is 1. The molecule has 0 aliphatic rings. The number of benzene rings is 1. The number of carbonyl (C=O) groups is 3. The van der Waals surface area contributed by atoms with Crippen LogP contribution in [0.4, 0.5) is 0 Å². The summed E-state index contributed by atoms with van der Waals surface area (Å²) < 4.78 is 5.09. The molecule has 0 aliphatic heterocycles. The van der Waals surface area contributed by atoms with Crippen LogP contribution in [0.1, 0.15) is 40.0 Å². The third kappa shape index (κ3) is 4.54. The lowest BCUT2D eigenvalue weighted by atomic mass is 10.1. The first kappa shape index (κ1) is 17.6. The summed E-state index contributed by atoms with van der Waals surface area (Å²) in [5.41, 5.74) is 21.1. The van der Waals surface area contributed by atoms with E-state index >= 15 is 0 Å². The lowest BCUT2D eigenvalue weighted by Crippen LogP contribution is -2.35. The predicted molar refractivity (Wildman–Crippen MR) is 80.0 cm³/mol. The molecular formula is C14H20N4O4. The maximum atomic E-state index is 11.9. The maximum Gasteiger partial charge on any atom is 0.328 e. The van der Waals surface area contributed by atoms with Crippen molar-refractivity contribution in [2.45, 2.75) is 25.3 Å². The van der Waals surface area contributed by atoms with Gasteiger partial charge in [-0.2, -0.15) is 0 Å². The summed E-state index contributed by atoms with van der Waals surface area (Å²) in [6.07, 6.45) is 1.82. The second kappa shape index (κ2) is 8.11. The third-order valence-corrected chi connectivity index (χ3v) is 3.02. The fourth-order valence-corrected chi connectivity index (χ4v) is 1.89. The zero-order valence-corrected chi connectivity index (χ0v) is 12.1. The van der Waals surface area contributed by atoms with Gasteiger partial charge in [0.25, 0.3) is 5.91 Å². The molecule has 0 spiro atoms. The Hall–Kier alpha value is -2.45. The molecule has 0 aliphatic carbocycles. The van der Waals surface area contributed by atoms with Gasteiger partial charge < -0.3 is 27.7 Å². The zero-order chi connectivity index (χ0) is 16.7. The highest BCUT2D eigenvalue weighted by atomic mass is 16.5. The first-order valence-electron chi connectivity index (χ1n) is 6.78. The van der Waals surface area contributed by atoms with Crippen LogP contribution in [0, 0.1) is 0 Å². The third-order valence-electron chi connectivity index (χ3n) is 3.02. The van der Waals surface area contributed by atoms with E-state index in [1.807, 2.05) is 0 Å². The highest BCUT2D eigenvalue weighted by molar-refractivity contribution is 6.08. The van der Waals surface area contributed by atoms with Gasteiger partial charge in [-0.25, -0.2) is 4.79 Å². The zero-order valence-electron chi connectivity index (χ0n) is 12.1. The number of esters is 1. The molecule has 0 saturated heterocycles. The van der Waals surface area contributed by atoms with Gasteiger partial charge in [-0.1, -0.05) is 12.5 Å². The standard InChI is InChI=1S/C14H20N4O4/c15-7-2-1-5-9(16)14(21)22-10-6-3-4-8(12(17)19)11(10)13(18)20/h3-4,6,9H,1-2,5,7,15-16H2,(H2,17,19)(H2,18,20)/t9-/m0/s1. The number of nitrogens with two attached hydrogens (primary N) is 4. The van der Waals surface area contributed by atoms with Gasteiger partial charge in [0.2, 0.25) is 5.91 Å². The predicted octanol–water partition coefficient (Wildman–Crippen LogP) is -0.754. The van der Waals surface area contributed by atoms with Crippen molar-refractivity contribution in [2.75, 3.05) is 6.54 Å². The topological polar surface area (TPSA) is 165 Å². The number of primary amides is 2. The molecule has 0 aromatic heterocycles. The van der Waals surface area contributed by atoms with Gasteiger partial charge in [0.1, 0.15) is 11.8 Å². The van der Waals surface area contributed by atoms with Crippen LogP contribution in [-0.4, -0.2) is 30.4 Å². The molecule has 0 unspecified atom stereocenters. The molecule has 0 heterocycles. The highest BCUT2D eigenvalue weighted by Crippen LogP contribution is 2.22. The van der Waals surface area contributed by atoms with E-state index < -0.39 is 23.8 Å². The van der Waals surface area contributed by atoms with Gasteiger partial charge in [-0.3, -0.25) is 9.59 Å². The summed E-state index contributed by atoms with van der Waals surface area (Å²) in [6, 6.07) is 3.23. The van der Waals surface area contributed by atoms with Crippen LogP contribution in [0.15, 0.2) is 18.2 Å². The van der Waals surface area contributed by atoms with Gasteiger partial charge >= 0.3 is 5.97 Å². The van der Waals surface area contributed by atoms with Crippen molar-refractivity contribution in [2.24, 2.45) is 22.9 Å². The minimum Gasteiger partial charge on any atom is -0.424 e. The monoisotopic (exact) mass is 308 g/mol. The van der Waals surface area contributed by atoms with Gasteiger partial charge in [0.15, 0.2) is 0 Å². The van der Waals surface area contributed by atoms with Crippen LogP contribution in [0.2, 0.25) is 0 Å². The van der Waals surface area contributed by atoms with Crippen molar-refractivity contribution in [1.29, 1.82) is 0 Å². The molecule has 0 saturated carbocycles. The van der Waals surface area contributed by atoms with Crippen molar-refractivity contribution >= 4 is 17.8 Å². The largest absolute Gasteiger partial charge is 0.424 e. The van der Waals surface area contributed by atoms with Gasteiger partial charge in [0.05, 0.1) is 11.1 Å². The average Bonchev–Trinajstić information content (AvgIpc) is 2.46. The molecule has 1 rings (SSSR count). The first-order chi connectivity index (χ1) is 10.4. The lowest BCUT2D eigenvalue weighted by Gasteiger charge is -2.14. The number of hydrogen-bond acceptors (Lipinski definition) is 6. The molecule has 8 nitrogen and oxygen atoms in total. The quantitative estimate of drug-likeness (QED) is 0.280. The normalized spacial score (nSPS) is 11.7. The Morgan fingerprint density at radius 2 is 1.77 bits per heavy atom. The molecular weight excluding hydrogens is 288 g/mol. The van der Waals surface area contributed by atoms with E-state index in [1.165, 1.54) is 18.2 Å². The summed E-state index contributed by atoms with van der Waals surface area (Å²) in [5.74, 6) is -2.63. The molecule has 22 heavy (non-hydrogen) atoms. The number of hydrogen-bond donors (Lipinski definition) is 4. The van der Waals surface area contributed by atoms with Crippen LogP contribution >= 0.6 is 0 Å². The summed E-state index contributed by atoms with van der Waals surface area (Å²) in [5, 5.41) is 0. The number of ether oxygens (including phenoxy) is 1. The van der Waals surface area contributed by atoms with Crippen molar-refractivity contribution in [1.82, 2.24) is 0 Å². The summed E-state index contributed by atoms with van der Waals surface area (Å²) >= 11 is 0. The van der Waals surface area contributed by atoms with E-state index in [4.69, 9.17) is 27.7 Å². The Morgan fingerprint density at radius 1 is 1.09 bits per heavy atom.